The zero-order valence-electron chi connectivity index (χ0n) is 12.7. The number of thioether (sulfide) groups is 1. The lowest BCUT2D eigenvalue weighted by Gasteiger charge is -2.18. The number of amides is 1. The van der Waals surface area contributed by atoms with E-state index < -0.39 is 0 Å². The van der Waals surface area contributed by atoms with E-state index in [0.717, 1.165) is 17.9 Å². The number of hydrogen-bond acceptors (Lipinski definition) is 4. The van der Waals surface area contributed by atoms with Gasteiger partial charge in [-0.2, -0.15) is 0 Å². The van der Waals surface area contributed by atoms with Gasteiger partial charge in [-0.1, -0.05) is 18.7 Å². The quantitative estimate of drug-likeness (QED) is 0.838. The summed E-state index contributed by atoms with van der Waals surface area (Å²) in [7, 11) is 0. The normalized spacial score (nSPS) is 19.7. The van der Waals surface area contributed by atoms with Gasteiger partial charge in [-0.15, -0.1) is 0 Å². The molecule has 0 bridgehead atoms. The zero-order valence-corrected chi connectivity index (χ0v) is 13.5. The van der Waals surface area contributed by atoms with E-state index in [1.807, 2.05) is 31.2 Å². The van der Waals surface area contributed by atoms with E-state index >= 15 is 0 Å². The van der Waals surface area contributed by atoms with Crippen LogP contribution in [0, 0.1) is 0 Å². The molecule has 0 N–H and O–H groups in total. The van der Waals surface area contributed by atoms with Gasteiger partial charge in [0.2, 0.25) is 5.91 Å². The van der Waals surface area contributed by atoms with Gasteiger partial charge >= 0.3 is 0 Å². The van der Waals surface area contributed by atoms with E-state index in [0.29, 0.717) is 13.0 Å². The fourth-order valence-electron chi connectivity index (χ4n) is 2.26. The van der Waals surface area contributed by atoms with Crippen LogP contribution < -0.4 is 9.64 Å². The van der Waals surface area contributed by atoms with Crippen molar-refractivity contribution in [1.82, 2.24) is 0 Å². The smallest absolute Gasteiger partial charge is 0.228 e. The number of ether oxygens (including phenoxy) is 1. The highest BCUT2D eigenvalue weighted by atomic mass is 32.2. The predicted octanol–water partition coefficient (Wildman–Crippen LogP) is 3.25. The monoisotopic (exact) mass is 307 g/mol. The average molecular weight is 307 g/mol. The van der Waals surface area contributed by atoms with Gasteiger partial charge in [0, 0.05) is 30.8 Å². The van der Waals surface area contributed by atoms with Gasteiger partial charge in [0.15, 0.2) is 5.12 Å². The van der Waals surface area contributed by atoms with Crippen LogP contribution in [0.15, 0.2) is 24.3 Å². The molecule has 1 aromatic rings. The Bertz CT molecular complexity index is 515. The Morgan fingerprint density at radius 2 is 2.10 bits per heavy atom. The number of carbonyl (C=O) groups excluding carboxylic acids is 2. The lowest BCUT2D eigenvalue weighted by atomic mass is 10.2. The summed E-state index contributed by atoms with van der Waals surface area (Å²) >= 11 is 1.25. The van der Waals surface area contributed by atoms with Crippen molar-refractivity contribution in [1.29, 1.82) is 0 Å². The molecule has 114 valence electrons. The standard InChI is InChI=1S/C16H21NO3S/c1-4-11(2)20-14-7-5-13(6-8-14)17-10-15(9-16(17)19)21-12(3)18/h5-8,11,15H,4,9-10H2,1-3H3. The highest BCUT2D eigenvalue weighted by Crippen LogP contribution is 2.29. The molecule has 1 heterocycles. The summed E-state index contributed by atoms with van der Waals surface area (Å²) in [6, 6.07) is 7.58. The Morgan fingerprint density at radius 3 is 2.67 bits per heavy atom. The topological polar surface area (TPSA) is 46.6 Å². The number of hydrogen-bond donors (Lipinski definition) is 0. The maximum atomic E-state index is 12.0. The van der Waals surface area contributed by atoms with E-state index in [-0.39, 0.29) is 22.4 Å². The third kappa shape index (κ3) is 4.24. The largest absolute Gasteiger partial charge is 0.491 e. The minimum atomic E-state index is 0.0611. The van der Waals surface area contributed by atoms with Crippen molar-refractivity contribution in [2.75, 3.05) is 11.4 Å². The van der Waals surface area contributed by atoms with Crippen molar-refractivity contribution in [2.45, 2.75) is 45.0 Å². The molecule has 4 nitrogen and oxygen atoms in total. The first-order valence-corrected chi connectivity index (χ1v) is 8.12. The zero-order chi connectivity index (χ0) is 15.4. The van der Waals surface area contributed by atoms with E-state index in [2.05, 4.69) is 6.92 Å². The second kappa shape index (κ2) is 6.98. The lowest BCUT2D eigenvalue weighted by Crippen LogP contribution is -2.24. The van der Waals surface area contributed by atoms with Crippen molar-refractivity contribution in [2.24, 2.45) is 0 Å². The van der Waals surface area contributed by atoms with Crippen LogP contribution >= 0.6 is 11.8 Å². The first-order chi connectivity index (χ1) is 9.99. The van der Waals surface area contributed by atoms with Crippen LogP contribution in [0.4, 0.5) is 5.69 Å². The Balaban J connectivity index is 2.02. The van der Waals surface area contributed by atoms with Crippen LogP contribution in [-0.2, 0) is 9.59 Å². The summed E-state index contributed by atoms with van der Waals surface area (Å²) in [6.07, 6.45) is 1.56. The lowest BCUT2D eigenvalue weighted by molar-refractivity contribution is -0.117. The van der Waals surface area contributed by atoms with Crippen LogP contribution in [0.5, 0.6) is 5.75 Å². The molecule has 1 amide bonds. The van der Waals surface area contributed by atoms with Gasteiger partial charge in [0.1, 0.15) is 5.75 Å². The molecule has 2 rings (SSSR count). The molecule has 0 radical (unpaired) electrons. The van der Waals surface area contributed by atoms with Gasteiger partial charge in [0.25, 0.3) is 0 Å². The molecule has 0 aliphatic carbocycles. The van der Waals surface area contributed by atoms with Crippen molar-refractivity contribution in [3.8, 4) is 5.75 Å². The second-order valence-electron chi connectivity index (χ2n) is 5.27. The van der Waals surface area contributed by atoms with E-state index in [1.54, 1.807) is 11.8 Å². The van der Waals surface area contributed by atoms with Gasteiger partial charge in [-0.05, 0) is 37.6 Å². The highest BCUT2D eigenvalue weighted by Gasteiger charge is 2.31. The third-order valence-electron chi connectivity index (χ3n) is 3.48. The van der Waals surface area contributed by atoms with E-state index in [1.165, 1.54) is 11.8 Å². The average Bonchev–Trinajstić information content (AvgIpc) is 2.79. The van der Waals surface area contributed by atoms with Crippen molar-refractivity contribution >= 4 is 28.5 Å². The summed E-state index contributed by atoms with van der Waals surface area (Å²) in [4.78, 5) is 24.9. The number of anilines is 1. The molecular weight excluding hydrogens is 286 g/mol. The number of rotatable bonds is 5. The van der Waals surface area contributed by atoms with Crippen molar-refractivity contribution in [3.05, 3.63) is 24.3 Å². The van der Waals surface area contributed by atoms with E-state index in [9.17, 15) is 9.59 Å². The molecule has 1 aromatic carbocycles. The Kier molecular flexibility index (Phi) is 5.28. The molecule has 21 heavy (non-hydrogen) atoms. The number of benzene rings is 1. The minimum absolute atomic E-state index is 0.0611. The first-order valence-electron chi connectivity index (χ1n) is 7.24. The summed E-state index contributed by atoms with van der Waals surface area (Å²) in [5.74, 6) is 0.888. The highest BCUT2D eigenvalue weighted by molar-refractivity contribution is 8.14. The van der Waals surface area contributed by atoms with Crippen LogP contribution in [0.3, 0.4) is 0 Å². The van der Waals surface area contributed by atoms with Crippen molar-refractivity contribution in [3.63, 3.8) is 0 Å². The maximum Gasteiger partial charge on any atom is 0.228 e. The fourth-order valence-corrected chi connectivity index (χ4v) is 3.18. The molecule has 5 heteroatoms. The van der Waals surface area contributed by atoms with Crippen LogP contribution in [0.25, 0.3) is 0 Å². The number of carbonyl (C=O) groups is 2. The predicted molar refractivity (Wildman–Crippen MR) is 85.9 cm³/mol. The van der Waals surface area contributed by atoms with Gasteiger partial charge in [-0.25, -0.2) is 0 Å². The Morgan fingerprint density at radius 1 is 1.43 bits per heavy atom. The molecule has 0 spiro atoms. The molecule has 2 unspecified atom stereocenters. The molecule has 0 saturated carbocycles. The van der Waals surface area contributed by atoms with Gasteiger partial charge in [0.05, 0.1) is 6.10 Å². The minimum Gasteiger partial charge on any atom is -0.491 e. The fraction of sp³-hybridized carbons (Fsp3) is 0.500. The summed E-state index contributed by atoms with van der Waals surface area (Å²) in [5.41, 5.74) is 0.864. The molecule has 1 aliphatic rings. The summed E-state index contributed by atoms with van der Waals surface area (Å²) in [5, 5.41) is 0.123. The summed E-state index contributed by atoms with van der Waals surface area (Å²) in [6.45, 7) is 6.24. The van der Waals surface area contributed by atoms with Gasteiger partial charge in [-0.3, -0.25) is 9.59 Å². The Hall–Kier alpha value is -1.49. The SMILES string of the molecule is CCC(C)Oc1ccc(N2CC(SC(C)=O)CC2=O)cc1. The molecule has 0 aromatic heterocycles. The van der Waals surface area contributed by atoms with Crippen LogP contribution in [-0.4, -0.2) is 28.9 Å². The second-order valence-corrected chi connectivity index (χ2v) is 6.75. The maximum absolute atomic E-state index is 12.0. The molecule has 1 fully saturated rings. The first kappa shape index (κ1) is 15.9. The molecular formula is C16H21NO3S. The Labute approximate surface area is 129 Å². The van der Waals surface area contributed by atoms with Gasteiger partial charge < -0.3 is 9.64 Å². The third-order valence-corrected chi connectivity index (χ3v) is 4.46. The van der Waals surface area contributed by atoms with Crippen LogP contribution in [0.2, 0.25) is 0 Å². The molecule has 2 atom stereocenters. The molecule has 1 saturated heterocycles. The van der Waals surface area contributed by atoms with Crippen LogP contribution in [0.1, 0.15) is 33.6 Å². The number of nitrogens with zero attached hydrogens (tertiary/aromatic N) is 1. The van der Waals surface area contributed by atoms with E-state index in [4.69, 9.17) is 4.74 Å². The molecule has 1 aliphatic heterocycles. The van der Waals surface area contributed by atoms with Crippen molar-refractivity contribution < 1.29 is 14.3 Å². The summed E-state index contributed by atoms with van der Waals surface area (Å²) < 4.78 is 5.73.